The SMILES string of the molecule is COc1ccc(S(=O)(=O)N2CCC[C@@H](C(=O)NCc3c(OC)cccc3OC)C2)cc1OC. The maximum Gasteiger partial charge on any atom is 0.243 e. The molecule has 0 bridgehead atoms. The fourth-order valence-corrected chi connectivity index (χ4v) is 5.46. The second kappa shape index (κ2) is 10.8. The highest BCUT2D eigenvalue weighted by Gasteiger charge is 2.34. The lowest BCUT2D eigenvalue weighted by Gasteiger charge is -2.31. The van der Waals surface area contributed by atoms with Crippen molar-refractivity contribution in [2.75, 3.05) is 41.5 Å². The molecule has 0 aromatic heterocycles. The molecule has 0 saturated carbocycles. The normalized spacial score (nSPS) is 16.7. The molecule has 2 aromatic rings. The van der Waals surface area contributed by atoms with Gasteiger partial charge in [0.05, 0.1) is 51.4 Å². The van der Waals surface area contributed by atoms with E-state index in [-0.39, 0.29) is 23.9 Å². The van der Waals surface area contributed by atoms with Crippen LogP contribution < -0.4 is 24.3 Å². The van der Waals surface area contributed by atoms with Crippen molar-refractivity contribution in [1.29, 1.82) is 0 Å². The van der Waals surface area contributed by atoms with Gasteiger partial charge in [0, 0.05) is 19.2 Å². The highest BCUT2D eigenvalue weighted by molar-refractivity contribution is 7.89. The molecule has 2 aromatic carbocycles. The van der Waals surface area contributed by atoms with Crippen molar-refractivity contribution in [1.82, 2.24) is 9.62 Å². The van der Waals surface area contributed by atoms with Crippen molar-refractivity contribution < 1.29 is 32.2 Å². The molecule has 0 unspecified atom stereocenters. The molecule has 1 atom stereocenters. The minimum Gasteiger partial charge on any atom is -0.496 e. The van der Waals surface area contributed by atoms with Crippen LogP contribution in [-0.2, 0) is 21.4 Å². The van der Waals surface area contributed by atoms with E-state index in [0.717, 1.165) is 5.56 Å². The molecule has 1 aliphatic heterocycles. The maximum absolute atomic E-state index is 13.2. The number of sulfonamides is 1. The maximum atomic E-state index is 13.2. The van der Waals surface area contributed by atoms with Crippen LogP contribution in [0.3, 0.4) is 0 Å². The summed E-state index contributed by atoms with van der Waals surface area (Å²) in [6.07, 6.45) is 1.19. The van der Waals surface area contributed by atoms with Gasteiger partial charge in [-0.15, -0.1) is 0 Å². The first-order chi connectivity index (χ1) is 15.8. The Bertz CT molecular complexity index is 1070. The number of amides is 1. The van der Waals surface area contributed by atoms with E-state index in [4.69, 9.17) is 18.9 Å². The van der Waals surface area contributed by atoms with Crippen LogP contribution in [0, 0.1) is 5.92 Å². The average molecular weight is 479 g/mol. The van der Waals surface area contributed by atoms with Crippen molar-refractivity contribution in [2.24, 2.45) is 5.92 Å². The number of carbonyl (C=O) groups excluding carboxylic acids is 1. The quantitative estimate of drug-likeness (QED) is 0.590. The van der Waals surface area contributed by atoms with E-state index in [1.165, 1.54) is 30.7 Å². The van der Waals surface area contributed by atoms with E-state index in [0.29, 0.717) is 42.4 Å². The zero-order chi connectivity index (χ0) is 24.0. The first-order valence-corrected chi connectivity index (χ1v) is 12.0. The first kappa shape index (κ1) is 24.7. The number of benzene rings is 2. The molecule has 0 spiro atoms. The molecule has 180 valence electrons. The highest BCUT2D eigenvalue weighted by Crippen LogP contribution is 2.32. The number of hydrogen-bond acceptors (Lipinski definition) is 7. The fraction of sp³-hybridized carbons (Fsp3) is 0.435. The third kappa shape index (κ3) is 5.33. The summed E-state index contributed by atoms with van der Waals surface area (Å²) in [6, 6.07) is 9.87. The van der Waals surface area contributed by atoms with Crippen LogP contribution in [0.1, 0.15) is 18.4 Å². The molecule has 1 fully saturated rings. The van der Waals surface area contributed by atoms with Crippen LogP contribution in [0.25, 0.3) is 0 Å². The smallest absolute Gasteiger partial charge is 0.243 e. The molecule has 1 aliphatic rings. The molecule has 9 nitrogen and oxygen atoms in total. The van der Waals surface area contributed by atoms with Gasteiger partial charge in [-0.3, -0.25) is 4.79 Å². The topological polar surface area (TPSA) is 103 Å². The molecule has 1 amide bonds. The summed E-state index contributed by atoms with van der Waals surface area (Å²) in [5, 5.41) is 2.91. The predicted octanol–water partition coefficient (Wildman–Crippen LogP) is 2.44. The van der Waals surface area contributed by atoms with E-state index < -0.39 is 15.9 Å². The predicted molar refractivity (Wildman–Crippen MR) is 122 cm³/mol. The molecule has 3 rings (SSSR count). The number of ether oxygens (including phenoxy) is 4. The van der Waals surface area contributed by atoms with E-state index in [1.807, 2.05) is 0 Å². The number of methoxy groups -OCH3 is 4. The van der Waals surface area contributed by atoms with E-state index in [1.54, 1.807) is 38.5 Å². The van der Waals surface area contributed by atoms with Crippen LogP contribution in [-0.4, -0.2) is 60.2 Å². The van der Waals surface area contributed by atoms with Crippen LogP contribution in [0.15, 0.2) is 41.3 Å². The lowest BCUT2D eigenvalue weighted by Crippen LogP contribution is -2.45. The number of rotatable bonds is 9. The Morgan fingerprint density at radius 2 is 1.61 bits per heavy atom. The summed E-state index contributed by atoms with van der Waals surface area (Å²) in [6.45, 7) is 0.664. The van der Waals surface area contributed by atoms with Crippen LogP contribution in [0.4, 0.5) is 0 Å². The number of hydrogen-bond donors (Lipinski definition) is 1. The van der Waals surface area contributed by atoms with Crippen LogP contribution in [0.2, 0.25) is 0 Å². The monoisotopic (exact) mass is 478 g/mol. The molecular formula is C23H30N2O7S. The van der Waals surface area contributed by atoms with E-state index >= 15 is 0 Å². The Morgan fingerprint density at radius 3 is 2.21 bits per heavy atom. The van der Waals surface area contributed by atoms with Gasteiger partial charge in [-0.2, -0.15) is 4.31 Å². The number of carbonyl (C=O) groups is 1. The minimum atomic E-state index is -3.80. The van der Waals surface area contributed by atoms with Crippen molar-refractivity contribution in [2.45, 2.75) is 24.3 Å². The van der Waals surface area contributed by atoms with Gasteiger partial charge in [-0.25, -0.2) is 8.42 Å². The van der Waals surface area contributed by atoms with Gasteiger partial charge in [0.2, 0.25) is 15.9 Å². The Morgan fingerprint density at radius 1 is 0.970 bits per heavy atom. The average Bonchev–Trinajstić information content (AvgIpc) is 2.86. The number of nitrogens with one attached hydrogen (secondary N) is 1. The molecule has 1 saturated heterocycles. The first-order valence-electron chi connectivity index (χ1n) is 10.6. The van der Waals surface area contributed by atoms with E-state index in [9.17, 15) is 13.2 Å². The summed E-state index contributed by atoms with van der Waals surface area (Å²) in [5.41, 5.74) is 0.724. The minimum absolute atomic E-state index is 0.0972. The van der Waals surface area contributed by atoms with Crippen molar-refractivity contribution in [3.8, 4) is 23.0 Å². The summed E-state index contributed by atoms with van der Waals surface area (Å²) in [4.78, 5) is 13.0. The zero-order valence-electron chi connectivity index (χ0n) is 19.3. The van der Waals surface area contributed by atoms with Crippen LogP contribution >= 0.6 is 0 Å². The van der Waals surface area contributed by atoms with Gasteiger partial charge in [0.1, 0.15) is 11.5 Å². The number of nitrogens with zero attached hydrogens (tertiary/aromatic N) is 1. The third-order valence-corrected chi connectivity index (χ3v) is 7.58. The Hall–Kier alpha value is -2.98. The molecular weight excluding hydrogens is 448 g/mol. The Balaban J connectivity index is 1.72. The summed E-state index contributed by atoms with van der Waals surface area (Å²) in [7, 11) is 2.25. The summed E-state index contributed by atoms with van der Waals surface area (Å²) in [5.74, 6) is 1.31. The number of piperidine rings is 1. The molecule has 0 radical (unpaired) electrons. The van der Waals surface area contributed by atoms with Gasteiger partial charge in [-0.05, 0) is 37.1 Å². The molecule has 0 aliphatic carbocycles. The van der Waals surface area contributed by atoms with Crippen molar-refractivity contribution in [3.63, 3.8) is 0 Å². The molecule has 10 heteroatoms. The Kier molecular flexibility index (Phi) is 8.04. The Labute approximate surface area is 194 Å². The van der Waals surface area contributed by atoms with Crippen LogP contribution in [0.5, 0.6) is 23.0 Å². The lowest BCUT2D eigenvalue weighted by atomic mass is 9.98. The highest BCUT2D eigenvalue weighted by atomic mass is 32.2. The molecule has 1 N–H and O–H groups in total. The van der Waals surface area contributed by atoms with Gasteiger partial charge in [-0.1, -0.05) is 6.07 Å². The van der Waals surface area contributed by atoms with Gasteiger partial charge < -0.3 is 24.3 Å². The standard InChI is InChI=1S/C23H30N2O7S/c1-29-19-8-5-9-20(30-2)18(19)14-24-23(26)16-7-6-12-25(15-16)33(27,28)17-10-11-21(31-3)22(13-17)32-4/h5,8-11,13,16H,6-7,12,14-15H2,1-4H3,(H,24,26)/t16-/m1/s1. The second-order valence-corrected chi connectivity index (χ2v) is 9.52. The molecule has 33 heavy (non-hydrogen) atoms. The summed E-state index contributed by atoms with van der Waals surface area (Å²) >= 11 is 0. The van der Waals surface area contributed by atoms with Gasteiger partial charge in [0.15, 0.2) is 11.5 Å². The fourth-order valence-electron chi connectivity index (χ4n) is 3.92. The third-order valence-electron chi connectivity index (χ3n) is 5.72. The van der Waals surface area contributed by atoms with Gasteiger partial charge >= 0.3 is 0 Å². The largest absolute Gasteiger partial charge is 0.496 e. The lowest BCUT2D eigenvalue weighted by molar-refractivity contribution is -0.126. The molecule has 1 heterocycles. The summed E-state index contributed by atoms with van der Waals surface area (Å²) < 4.78 is 49.0. The second-order valence-electron chi connectivity index (χ2n) is 7.58. The zero-order valence-corrected chi connectivity index (χ0v) is 20.1. The van der Waals surface area contributed by atoms with Gasteiger partial charge in [0.25, 0.3) is 0 Å². The van der Waals surface area contributed by atoms with Crippen molar-refractivity contribution >= 4 is 15.9 Å². The van der Waals surface area contributed by atoms with E-state index in [2.05, 4.69) is 5.32 Å². The van der Waals surface area contributed by atoms with Crippen molar-refractivity contribution in [3.05, 3.63) is 42.0 Å².